The van der Waals surface area contributed by atoms with Crippen molar-refractivity contribution < 1.29 is 23.1 Å². The number of sulfonamides is 1. The number of ether oxygens (including phenoxy) is 1. The van der Waals surface area contributed by atoms with Gasteiger partial charge in [-0.05, 0) is 19.1 Å². The third-order valence-corrected chi connectivity index (χ3v) is 6.39. The number of carboxylic acids is 1. The van der Waals surface area contributed by atoms with Crippen LogP contribution < -0.4 is 4.74 Å². The van der Waals surface area contributed by atoms with E-state index >= 15 is 0 Å². The molecule has 2 unspecified atom stereocenters. The molecule has 1 fully saturated rings. The number of hydrogen-bond donors (Lipinski definition) is 1. The van der Waals surface area contributed by atoms with Gasteiger partial charge in [-0.15, -0.1) is 11.8 Å². The second-order valence-electron chi connectivity index (χ2n) is 4.30. The molecule has 1 saturated heterocycles. The summed E-state index contributed by atoms with van der Waals surface area (Å²) in [4.78, 5) is 11.3. The molecule has 1 aromatic rings. The van der Waals surface area contributed by atoms with E-state index in [9.17, 15) is 13.2 Å². The molecule has 2 rings (SSSR count). The highest BCUT2D eigenvalue weighted by molar-refractivity contribution is 8.01. The predicted molar refractivity (Wildman–Crippen MR) is 75.4 cm³/mol. The number of rotatable bonds is 4. The van der Waals surface area contributed by atoms with Crippen molar-refractivity contribution >= 4 is 27.8 Å². The highest BCUT2D eigenvalue weighted by atomic mass is 32.2. The van der Waals surface area contributed by atoms with Crippen LogP contribution in [0, 0.1) is 0 Å². The van der Waals surface area contributed by atoms with Gasteiger partial charge in [0.05, 0.1) is 17.4 Å². The van der Waals surface area contributed by atoms with Crippen molar-refractivity contribution in [3.63, 3.8) is 0 Å². The molecule has 1 N–H and O–H groups in total. The van der Waals surface area contributed by atoms with E-state index in [1.54, 1.807) is 19.1 Å². The van der Waals surface area contributed by atoms with E-state index < -0.39 is 27.4 Å². The van der Waals surface area contributed by atoms with E-state index in [-0.39, 0.29) is 10.6 Å². The highest BCUT2D eigenvalue weighted by Crippen LogP contribution is 2.34. The van der Waals surface area contributed by atoms with Crippen molar-refractivity contribution in [3.05, 3.63) is 24.3 Å². The van der Waals surface area contributed by atoms with Crippen LogP contribution in [0.3, 0.4) is 0 Å². The van der Waals surface area contributed by atoms with Crippen LogP contribution in [0.25, 0.3) is 0 Å². The lowest BCUT2D eigenvalue weighted by atomic mass is 10.3. The number of methoxy groups -OCH3 is 1. The van der Waals surface area contributed by atoms with Crippen molar-refractivity contribution in [1.82, 2.24) is 4.31 Å². The minimum atomic E-state index is -3.86. The summed E-state index contributed by atoms with van der Waals surface area (Å²) in [5, 5.41) is 8.76. The lowest BCUT2D eigenvalue weighted by Gasteiger charge is -2.24. The Morgan fingerprint density at radius 2 is 2.20 bits per heavy atom. The molecule has 1 aliphatic rings. The van der Waals surface area contributed by atoms with Gasteiger partial charge in [-0.3, -0.25) is 4.79 Å². The topological polar surface area (TPSA) is 83.9 Å². The van der Waals surface area contributed by atoms with Gasteiger partial charge in [0.15, 0.2) is 0 Å². The molecule has 0 saturated carbocycles. The zero-order chi connectivity index (χ0) is 14.9. The van der Waals surface area contributed by atoms with Gasteiger partial charge in [0.25, 0.3) is 0 Å². The first kappa shape index (κ1) is 15.1. The molecule has 0 aromatic heterocycles. The van der Waals surface area contributed by atoms with Crippen molar-refractivity contribution in [2.75, 3.05) is 12.9 Å². The summed E-state index contributed by atoms with van der Waals surface area (Å²) in [6.45, 7) is 1.69. The van der Waals surface area contributed by atoms with Crippen LogP contribution in [0.4, 0.5) is 0 Å². The number of nitrogens with zero attached hydrogens (tertiary/aromatic N) is 1. The first-order chi connectivity index (χ1) is 9.37. The molecule has 0 radical (unpaired) electrons. The molecular formula is C12H15NO5S2. The monoisotopic (exact) mass is 317 g/mol. The van der Waals surface area contributed by atoms with Crippen LogP contribution in [0.15, 0.2) is 29.2 Å². The zero-order valence-electron chi connectivity index (χ0n) is 11.0. The number of thioether (sulfide) groups is 1. The number of aliphatic carboxylic acids is 1. The van der Waals surface area contributed by atoms with Gasteiger partial charge in [0.2, 0.25) is 10.0 Å². The van der Waals surface area contributed by atoms with Gasteiger partial charge in [0.1, 0.15) is 11.8 Å². The Balaban J connectivity index is 2.45. The minimum Gasteiger partial charge on any atom is -0.497 e. The maximum atomic E-state index is 12.6. The summed E-state index contributed by atoms with van der Waals surface area (Å²) in [7, 11) is -2.42. The van der Waals surface area contributed by atoms with E-state index in [0.29, 0.717) is 5.75 Å². The largest absolute Gasteiger partial charge is 0.497 e. The molecule has 110 valence electrons. The van der Waals surface area contributed by atoms with Crippen LogP contribution in [0.1, 0.15) is 6.92 Å². The summed E-state index contributed by atoms with van der Waals surface area (Å²) in [6, 6.07) is 4.99. The quantitative estimate of drug-likeness (QED) is 0.899. The van der Waals surface area contributed by atoms with Gasteiger partial charge in [-0.2, -0.15) is 4.31 Å². The predicted octanol–water partition coefficient (Wildman–Crippen LogP) is 1.23. The number of hydrogen-bond acceptors (Lipinski definition) is 5. The smallest absolute Gasteiger partial charge is 0.322 e. The summed E-state index contributed by atoms with van der Waals surface area (Å²) in [5.41, 5.74) is 0. The molecule has 1 aliphatic heterocycles. The average molecular weight is 317 g/mol. The Kier molecular flexibility index (Phi) is 4.26. The molecule has 0 bridgehead atoms. The Labute approximate surface area is 121 Å². The molecule has 1 heterocycles. The summed E-state index contributed by atoms with van der Waals surface area (Å²) in [5.74, 6) is -0.467. The van der Waals surface area contributed by atoms with E-state index in [2.05, 4.69) is 0 Å². The van der Waals surface area contributed by atoms with Crippen molar-refractivity contribution in [1.29, 1.82) is 0 Å². The molecule has 0 spiro atoms. The van der Waals surface area contributed by atoms with Crippen LogP contribution >= 0.6 is 11.8 Å². The lowest BCUT2D eigenvalue weighted by molar-refractivity contribution is -0.140. The molecule has 20 heavy (non-hydrogen) atoms. The van der Waals surface area contributed by atoms with Gasteiger partial charge < -0.3 is 9.84 Å². The Hall–Kier alpha value is -1.25. The summed E-state index contributed by atoms with van der Waals surface area (Å²) < 4.78 is 31.3. The molecule has 0 amide bonds. The summed E-state index contributed by atoms with van der Waals surface area (Å²) in [6.07, 6.45) is 0. The fraction of sp³-hybridized carbons (Fsp3) is 0.417. The van der Waals surface area contributed by atoms with Gasteiger partial charge in [0, 0.05) is 11.8 Å². The highest BCUT2D eigenvalue weighted by Gasteiger charge is 2.44. The van der Waals surface area contributed by atoms with Gasteiger partial charge in [-0.25, -0.2) is 8.42 Å². The number of carbonyl (C=O) groups is 1. The Bertz CT molecular complexity index is 616. The van der Waals surface area contributed by atoms with E-state index in [0.717, 1.165) is 4.31 Å². The van der Waals surface area contributed by atoms with Crippen LogP contribution in [0.5, 0.6) is 5.75 Å². The normalized spacial score (nSPS) is 23.7. The third kappa shape index (κ3) is 2.63. The van der Waals surface area contributed by atoms with E-state index in [1.807, 2.05) is 0 Å². The van der Waals surface area contributed by atoms with Crippen LogP contribution in [-0.4, -0.2) is 48.1 Å². The average Bonchev–Trinajstić information content (AvgIpc) is 2.81. The Morgan fingerprint density at radius 3 is 2.80 bits per heavy atom. The van der Waals surface area contributed by atoms with Crippen LogP contribution in [-0.2, 0) is 14.8 Å². The Morgan fingerprint density at radius 1 is 1.50 bits per heavy atom. The first-order valence-electron chi connectivity index (χ1n) is 5.90. The van der Waals surface area contributed by atoms with Gasteiger partial charge in [-0.1, -0.05) is 6.07 Å². The standard InChI is InChI=1S/C12H15NO5S2/c1-8-13(11(7-19-8)12(14)15)20(16,17)10-5-3-4-9(6-10)18-2/h3-6,8,11H,7H2,1-2H3,(H,14,15). The SMILES string of the molecule is COc1cccc(S(=O)(=O)N2C(C)SCC2C(=O)O)c1. The second kappa shape index (κ2) is 5.63. The number of benzene rings is 1. The second-order valence-corrected chi connectivity index (χ2v) is 7.49. The van der Waals surface area contributed by atoms with Crippen molar-refractivity contribution in [2.24, 2.45) is 0 Å². The molecule has 0 aliphatic carbocycles. The molecule has 1 aromatic carbocycles. The lowest BCUT2D eigenvalue weighted by Crippen LogP contribution is -2.44. The van der Waals surface area contributed by atoms with Crippen molar-refractivity contribution in [3.8, 4) is 5.75 Å². The van der Waals surface area contributed by atoms with Crippen molar-refractivity contribution in [2.45, 2.75) is 23.2 Å². The fourth-order valence-corrected chi connectivity index (χ4v) is 5.38. The molecule has 8 heteroatoms. The van der Waals surface area contributed by atoms with E-state index in [1.165, 1.54) is 31.0 Å². The maximum absolute atomic E-state index is 12.6. The maximum Gasteiger partial charge on any atom is 0.322 e. The molecular weight excluding hydrogens is 302 g/mol. The third-order valence-electron chi connectivity index (χ3n) is 3.06. The molecule has 2 atom stereocenters. The van der Waals surface area contributed by atoms with Crippen LogP contribution in [0.2, 0.25) is 0 Å². The first-order valence-corrected chi connectivity index (χ1v) is 8.39. The number of carboxylic acid groups (broad SMARTS) is 1. The van der Waals surface area contributed by atoms with E-state index in [4.69, 9.17) is 9.84 Å². The zero-order valence-corrected chi connectivity index (χ0v) is 12.6. The minimum absolute atomic E-state index is 0.0393. The fourth-order valence-electron chi connectivity index (χ4n) is 2.06. The van der Waals surface area contributed by atoms with Gasteiger partial charge >= 0.3 is 5.97 Å². The molecule has 6 nitrogen and oxygen atoms in total. The summed E-state index contributed by atoms with van der Waals surface area (Å²) >= 11 is 1.31.